The number of nitrogens with one attached hydrogen (secondary N) is 6. The predicted molar refractivity (Wildman–Crippen MR) is 263 cm³/mol. The van der Waals surface area contributed by atoms with Gasteiger partial charge in [-0.2, -0.15) is 0 Å². The molecule has 15 atom stereocenters. The second-order valence-corrected chi connectivity index (χ2v) is 19.2. The van der Waals surface area contributed by atoms with Gasteiger partial charge in [-0.3, -0.25) is 33.7 Å². The molecule has 15 N–H and O–H groups in total. The van der Waals surface area contributed by atoms with Gasteiger partial charge in [-0.25, -0.2) is 24.1 Å². The van der Waals surface area contributed by atoms with Crippen molar-refractivity contribution in [1.29, 1.82) is 0 Å². The molecule has 0 aliphatic carbocycles. The molecule has 6 rings (SSSR count). The van der Waals surface area contributed by atoms with E-state index in [1.165, 1.54) is 38.5 Å². The number of nitrogens with zero attached hydrogens (tertiary/aromatic N) is 4. The van der Waals surface area contributed by atoms with Gasteiger partial charge >= 0.3 is 23.7 Å². The molecule has 3 fully saturated rings. The molecule has 30 heteroatoms. The molecule has 4 aliphatic rings. The van der Waals surface area contributed by atoms with E-state index < -0.39 is 150 Å². The summed E-state index contributed by atoms with van der Waals surface area (Å²) >= 11 is 0. The first-order valence-corrected chi connectivity index (χ1v) is 24.5. The van der Waals surface area contributed by atoms with Gasteiger partial charge in [-0.15, -0.1) is 0 Å². The number of benzene rings is 1. The van der Waals surface area contributed by atoms with Gasteiger partial charge in [0.2, 0.25) is 11.8 Å². The molecule has 8 unspecified atom stereocenters. The summed E-state index contributed by atoms with van der Waals surface area (Å²) in [5.41, 5.74) is 10.0. The van der Waals surface area contributed by atoms with Crippen molar-refractivity contribution in [3.05, 3.63) is 57.4 Å². The van der Waals surface area contributed by atoms with Gasteiger partial charge in [0, 0.05) is 45.6 Å². The van der Waals surface area contributed by atoms with Gasteiger partial charge in [0.15, 0.2) is 18.5 Å². The number of aromatic nitrogens is 2. The Balaban J connectivity index is 1.29. The first-order chi connectivity index (χ1) is 36.0. The average Bonchev–Trinajstić information content (AvgIpc) is 3.95. The van der Waals surface area contributed by atoms with Crippen LogP contribution in [0.4, 0.5) is 15.3 Å². The number of guanidine groups is 1. The lowest BCUT2D eigenvalue weighted by atomic mass is 9.97. The van der Waals surface area contributed by atoms with Gasteiger partial charge in [-0.1, -0.05) is 27.7 Å². The fourth-order valence-corrected chi connectivity index (χ4v) is 9.26. The number of ether oxygens (including phenoxy) is 5. The summed E-state index contributed by atoms with van der Waals surface area (Å²) in [4.78, 5) is 116. The molecule has 420 valence electrons. The molecule has 5 heterocycles. The molecule has 0 radical (unpaired) electrons. The molecule has 2 aromatic rings. The van der Waals surface area contributed by atoms with Crippen molar-refractivity contribution in [3.8, 4) is 5.75 Å². The third-order valence-corrected chi connectivity index (χ3v) is 13.4. The van der Waals surface area contributed by atoms with Crippen LogP contribution in [0.25, 0.3) is 0 Å². The minimum absolute atomic E-state index is 0.0507. The number of amides is 7. The molecule has 0 bridgehead atoms. The van der Waals surface area contributed by atoms with E-state index in [0.717, 1.165) is 26.6 Å². The van der Waals surface area contributed by atoms with Crippen LogP contribution in [-0.2, 0) is 38.1 Å². The lowest BCUT2D eigenvalue weighted by Gasteiger charge is -2.36. The Morgan fingerprint density at radius 2 is 1.61 bits per heavy atom. The summed E-state index contributed by atoms with van der Waals surface area (Å²) in [6.07, 6.45) is -15.0. The van der Waals surface area contributed by atoms with Crippen LogP contribution in [0.15, 0.2) is 51.1 Å². The minimum atomic E-state index is -1.98. The number of rotatable bonds is 23. The summed E-state index contributed by atoms with van der Waals surface area (Å²) in [6, 6.07) is -2.40. The van der Waals surface area contributed by atoms with Crippen molar-refractivity contribution < 1.29 is 78.0 Å². The van der Waals surface area contributed by atoms with Crippen LogP contribution in [0, 0.1) is 11.8 Å². The first kappa shape index (κ1) is 58.5. The quantitative estimate of drug-likeness (QED) is 0.0366. The molecule has 76 heavy (non-hydrogen) atoms. The number of urea groups is 2. The number of aliphatic imine (C=N–C) groups is 1. The van der Waals surface area contributed by atoms with E-state index in [4.69, 9.17) is 35.2 Å². The number of nitrogens with two attached hydrogens (primary N) is 2. The Bertz CT molecular complexity index is 2550. The second kappa shape index (κ2) is 25.4. The highest BCUT2D eigenvalue weighted by Gasteiger charge is 2.59. The zero-order chi connectivity index (χ0) is 55.9. The Morgan fingerprint density at radius 3 is 2.20 bits per heavy atom. The third kappa shape index (κ3) is 12.9. The van der Waals surface area contributed by atoms with Gasteiger partial charge in [0.1, 0.15) is 72.6 Å². The van der Waals surface area contributed by atoms with Gasteiger partial charge in [0.05, 0.1) is 24.9 Å². The molecule has 0 saturated carbocycles. The molecular weight excluding hydrogens is 1010 g/mol. The highest BCUT2D eigenvalue weighted by molar-refractivity contribution is 6.21. The van der Waals surface area contributed by atoms with Gasteiger partial charge in [-0.05, 0) is 48.9 Å². The van der Waals surface area contributed by atoms with Gasteiger partial charge < -0.3 is 92.2 Å². The number of carbonyl (C=O) groups is 6. The number of aromatic amines is 1. The summed E-state index contributed by atoms with van der Waals surface area (Å²) in [6.45, 7) is 5.54. The van der Waals surface area contributed by atoms with E-state index in [9.17, 15) is 63.9 Å². The van der Waals surface area contributed by atoms with Crippen LogP contribution in [0.3, 0.4) is 0 Å². The molecule has 30 nitrogen and oxygen atoms in total. The normalized spacial score (nSPS) is 27.6. The lowest BCUT2D eigenvalue weighted by Crippen LogP contribution is -2.66. The number of aliphatic hydroxyl groups excluding tert-OH is 4. The Hall–Kier alpha value is -6.77. The highest BCUT2D eigenvalue weighted by Crippen LogP contribution is 2.39. The molecule has 1 aromatic carbocycles. The number of carboxylic acid groups (broad SMARTS) is 1. The SMILES string of the molecule is COc1ccc(N2C(=O)C(C(OC3O[C@H](CN)[C@H](O)[C@@H]3OC)[C@H]3O[C@@H](n4ccc(=O)[nH]c4=O)[C@H](O)[C@H]3O)N(CCCNC(=O)C(NC(=O)C(NC(=O)NC(C(=O)O)C(C)C)C3CCN=C(N)N3)C(O)C(C)C)C2=O)cc1. The van der Waals surface area contributed by atoms with E-state index >= 15 is 0 Å². The molecule has 0 spiro atoms. The third-order valence-electron chi connectivity index (χ3n) is 13.4. The van der Waals surface area contributed by atoms with Crippen LogP contribution >= 0.6 is 0 Å². The molecule has 7 amide bonds. The Kier molecular flexibility index (Phi) is 19.5. The molecule has 1 aromatic heterocycles. The largest absolute Gasteiger partial charge is 0.497 e. The average molecular weight is 1080 g/mol. The predicted octanol–water partition coefficient (Wildman–Crippen LogP) is -5.09. The Labute approximate surface area is 434 Å². The number of aliphatic carboxylic acids is 1. The van der Waals surface area contributed by atoms with Crippen LogP contribution in [0.1, 0.15) is 46.8 Å². The summed E-state index contributed by atoms with van der Waals surface area (Å²) in [7, 11) is 2.64. The number of carboxylic acids is 1. The number of aliphatic hydroxyl groups is 4. The first-order valence-electron chi connectivity index (χ1n) is 24.5. The number of methoxy groups -OCH3 is 2. The van der Waals surface area contributed by atoms with Crippen molar-refractivity contribution in [3.63, 3.8) is 0 Å². The monoisotopic (exact) mass is 1080 g/mol. The zero-order valence-electron chi connectivity index (χ0n) is 42.5. The number of imide groups is 1. The van der Waals surface area contributed by atoms with Gasteiger partial charge in [0.25, 0.3) is 11.5 Å². The maximum atomic E-state index is 15.0. The lowest BCUT2D eigenvalue weighted by molar-refractivity contribution is -0.232. The maximum absolute atomic E-state index is 15.0. The van der Waals surface area contributed by atoms with E-state index in [-0.39, 0.29) is 50.7 Å². The van der Waals surface area contributed by atoms with Crippen molar-refractivity contribution in [2.75, 3.05) is 45.3 Å². The van der Waals surface area contributed by atoms with E-state index in [1.807, 2.05) is 4.98 Å². The summed E-state index contributed by atoms with van der Waals surface area (Å²) in [5.74, 6) is -5.03. The topological polar surface area (TPSA) is 436 Å². The van der Waals surface area contributed by atoms with Crippen LogP contribution in [0.2, 0.25) is 0 Å². The number of carbonyl (C=O) groups excluding carboxylic acids is 5. The van der Waals surface area contributed by atoms with E-state index in [2.05, 4.69) is 31.6 Å². The number of H-pyrrole nitrogens is 1. The second-order valence-electron chi connectivity index (χ2n) is 19.2. The fourth-order valence-electron chi connectivity index (χ4n) is 9.26. The standard InChI is InChI=1S/C46H68N12O18/c1-19(2)26(41(67)68)54-44(69)55-27(23-12-15-50-43(48)51-23)38(65)53-28(30(60)20(3)4)37(64)49-14-7-16-56-29(39(66)58(46(56)71)21-8-10-22(72-5)11-9-21)34(76-42-36(73-6)31(61)24(18-47)74-42)35-32(62)33(63)40(75-35)57-17-13-25(59)52-45(57)70/h8-11,13,17,19-20,23-24,26-36,40,42,60-63H,7,12,14-16,18,47H2,1-6H3,(H,49,64)(H,53,65)(H,67,68)(H3,48,50,51)(H,52,59,70)(H2,54,55,69)/t23?,24-,26?,27?,28?,29?,30?,31+,32-,33-,34?,35+,36+,40-,42?/m1/s1. The highest BCUT2D eigenvalue weighted by atomic mass is 16.7. The van der Waals surface area contributed by atoms with Crippen LogP contribution in [-0.4, -0.2) is 207 Å². The fraction of sp³-hybridized carbons (Fsp3) is 0.630. The van der Waals surface area contributed by atoms with E-state index in [0.29, 0.717) is 5.75 Å². The van der Waals surface area contributed by atoms with Crippen molar-refractivity contribution in [1.82, 2.24) is 41.0 Å². The smallest absolute Gasteiger partial charge is 0.332 e. The van der Waals surface area contributed by atoms with Crippen LogP contribution < -0.4 is 58.9 Å². The maximum Gasteiger partial charge on any atom is 0.332 e. The van der Waals surface area contributed by atoms with Crippen LogP contribution in [0.5, 0.6) is 5.75 Å². The van der Waals surface area contributed by atoms with Crippen molar-refractivity contribution >= 4 is 47.4 Å². The molecular formula is C46H68N12O18. The minimum Gasteiger partial charge on any atom is -0.497 e. The number of anilines is 1. The van der Waals surface area contributed by atoms with Crippen molar-refractivity contribution in [2.24, 2.45) is 28.3 Å². The zero-order valence-corrected chi connectivity index (χ0v) is 42.5. The summed E-state index contributed by atoms with van der Waals surface area (Å²) in [5, 5.41) is 67.9. The van der Waals surface area contributed by atoms with Crippen molar-refractivity contribution in [2.45, 2.75) is 132 Å². The number of hydrogen-bond acceptors (Lipinski definition) is 21. The molecule has 4 aliphatic heterocycles. The Morgan fingerprint density at radius 1 is 0.908 bits per heavy atom. The number of hydrogen-bond donors (Lipinski definition) is 13. The van der Waals surface area contributed by atoms with E-state index in [1.54, 1.807) is 27.7 Å². The summed E-state index contributed by atoms with van der Waals surface area (Å²) < 4.78 is 30.0. The molecule has 3 saturated heterocycles.